The fraction of sp³-hybridized carbons (Fsp3) is 0.350. The van der Waals surface area contributed by atoms with E-state index in [1.165, 1.54) is 4.31 Å². The molecule has 27 heavy (non-hydrogen) atoms. The Kier molecular flexibility index (Phi) is 5.53. The first kappa shape index (κ1) is 19.4. The van der Waals surface area contributed by atoms with Gasteiger partial charge in [0.05, 0.1) is 12.0 Å². The molecule has 1 atom stereocenters. The molecular weight excluding hydrogens is 364 g/mol. The maximum absolute atomic E-state index is 13.3. The van der Waals surface area contributed by atoms with E-state index in [0.717, 1.165) is 11.1 Å². The Bertz CT molecular complexity index is 908. The average Bonchev–Trinajstić information content (AvgIpc) is 3.13. The Balaban J connectivity index is 2.04. The van der Waals surface area contributed by atoms with Crippen molar-refractivity contribution in [2.24, 2.45) is 0 Å². The van der Waals surface area contributed by atoms with Gasteiger partial charge in [0.1, 0.15) is 11.9 Å². The summed E-state index contributed by atoms with van der Waals surface area (Å²) in [5.74, 6) is 0.607. The van der Waals surface area contributed by atoms with E-state index in [-0.39, 0.29) is 17.3 Å². The Morgan fingerprint density at radius 2 is 1.70 bits per heavy atom. The van der Waals surface area contributed by atoms with Crippen molar-refractivity contribution in [1.29, 1.82) is 0 Å². The van der Waals surface area contributed by atoms with Crippen LogP contribution < -0.4 is 4.74 Å². The number of hydrogen-bond donors (Lipinski definition) is 0. The molecule has 0 unspecified atom stereocenters. The van der Waals surface area contributed by atoms with Crippen molar-refractivity contribution in [3.63, 3.8) is 0 Å². The minimum Gasteiger partial charge on any atom is -0.497 e. The molecule has 1 fully saturated rings. The molecular formula is C20H24N2O4S. The topological polar surface area (TPSA) is 66.9 Å². The van der Waals surface area contributed by atoms with Crippen LogP contribution in [0.1, 0.15) is 30.6 Å². The fourth-order valence-corrected chi connectivity index (χ4v) is 4.86. The molecule has 2 aromatic carbocycles. The number of carbonyl (C=O) groups excluding carboxylic acids is 1. The molecule has 2 aromatic rings. The van der Waals surface area contributed by atoms with Gasteiger partial charge >= 0.3 is 0 Å². The lowest BCUT2D eigenvalue weighted by molar-refractivity contribution is -0.132. The summed E-state index contributed by atoms with van der Waals surface area (Å²) in [6.45, 7) is 4.33. The second-order valence-corrected chi connectivity index (χ2v) is 8.41. The maximum Gasteiger partial charge on any atom is 0.245 e. The van der Waals surface area contributed by atoms with E-state index in [0.29, 0.717) is 18.7 Å². The molecule has 1 amide bonds. The van der Waals surface area contributed by atoms with Crippen molar-refractivity contribution in [3.8, 4) is 5.75 Å². The summed E-state index contributed by atoms with van der Waals surface area (Å²) in [6.07, 6.45) is -0.333. The van der Waals surface area contributed by atoms with Crippen molar-refractivity contribution >= 4 is 15.9 Å². The summed E-state index contributed by atoms with van der Waals surface area (Å²) in [4.78, 5) is 14.3. The van der Waals surface area contributed by atoms with E-state index in [4.69, 9.17) is 4.74 Å². The predicted octanol–water partition coefficient (Wildman–Crippen LogP) is 2.95. The number of sulfonamides is 1. The average molecular weight is 388 g/mol. The van der Waals surface area contributed by atoms with E-state index in [9.17, 15) is 13.2 Å². The van der Waals surface area contributed by atoms with Gasteiger partial charge in [-0.15, -0.1) is 0 Å². The van der Waals surface area contributed by atoms with Gasteiger partial charge in [-0.05, 0) is 36.8 Å². The number of amides is 1. The van der Waals surface area contributed by atoms with Gasteiger partial charge in [0.15, 0.2) is 0 Å². The quantitative estimate of drug-likeness (QED) is 0.790. The number of ether oxygens (including phenoxy) is 1. The zero-order chi connectivity index (χ0) is 19.6. The minimum atomic E-state index is -3.73. The molecule has 1 aliphatic heterocycles. The molecule has 0 bridgehead atoms. The second-order valence-electron chi connectivity index (χ2n) is 6.52. The van der Waals surface area contributed by atoms with Gasteiger partial charge in [-0.3, -0.25) is 4.79 Å². The van der Waals surface area contributed by atoms with Crippen LogP contribution in [0.5, 0.6) is 5.75 Å². The molecule has 144 valence electrons. The van der Waals surface area contributed by atoms with Crippen molar-refractivity contribution in [2.75, 3.05) is 20.2 Å². The van der Waals surface area contributed by atoms with Gasteiger partial charge < -0.3 is 9.64 Å². The predicted molar refractivity (Wildman–Crippen MR) is 103 cm³/mol. The first-order chi connectivity index (χ1) is 12.9. The third-order valence-electron chi connectivity index (χ3n) is 4.79. The van der Waals surface area contributed by atoms with Crippen molar-refractivity contribution in [1.82, 2.24) is 9.21 Å². The SMILES string of the molecule is CCC(=O)N1CCN(S(=O)(=O)c2ccc(C)cc2)[C@H]1c1ccc(OC)cc1. The van der Waals surface area contributed by atoms with Crippen molar-refractivity contribution in [2.45, 2.75) is 31.3 Å². The van der Waals surface area contributed by atoms with Gasteiger partial charge in [0.25, 0.3) is 0 Å². The summed E-state index contributed by atoms with van der Waals surface area (Å²) >= 11 is 0. The summed E-state index contributed by atoms with van der Waals surface area (Å²) in [6, 6.07) is 13.9. The van der Waals surface area contributed by atoms with Crippen LogP contribution in [-0.2, 0) is 14.8 Å². The summed E-state index contributed by atoms with van der Waals surface area (Å²) in [5.41, 5.74) is 1.73. The zero-order valence-corrected chi connectivity index (χ0v) is 16.6. The number of hydrogen-bond acceptors (Lipinski definition) is 4. The van der Waals surface area contributed by atoms with E-state index in [2.05, 4.69) is 0 Å². The molecule has 0 radical (unpaired) electrons. The molecule has 1 saturated heterocycles. The van der Waals surface area contributed by atoms with Crippen molar-refractivity contribution in [3.05, 3.63) is 59.7 Å². The highest BCUT2D eigenvalue weighted by Gasteiger charge is 2.42. The monoisotopic (exact) mass is 388 g/mol. The van der Waals surface area contributed by atoms with Gasteiger partial charge in [-0.1, -0.05) is 36.8 Å². The molecule has 0 aromatic heterocycles. The van der Waals surface area contributed by atoms with Crippen LogP contribution in [0.2, 0.25) is 0 Å². The lowest BCUT2D eigenvalue weighted by atomic mass is 10.1. The molecule has 0 saturated carbocycles. The third-order valence-corrected chi connectivity index (χ3v) is 6.66. The molecule has 1 heterocycles. The highest BCUT2D eigenvalue weighted by atomic mass is 32.2. The van der Waals surface area contributed by atoms with E-state index >= 15 is 0 Å². The van der Waals surface area contributed by atoms with Gasteiger partial charge in [0.2, 0.25) is 15.9 Å². The molecule has 0 spiro atoms. The zero-order valence-electron chi connectivity index (χ0n) is 15.8. The normalized spacial score (nSPS) is 17.9. The Morgan fingerprint density at radius 3 is 2.26 bits per heavy atom. The number of nitrogens with zero attached hydrogens (tertiary/aromatic N) is 2. The van der Waals surface area contributed by atoms with E-state index in [1.54, 1.807) is 55.3 Å². The highest BCUT2D eigenvalue weighted by Crippen LogP contribution is 2.36. The lowest BCUT2D eigenvalue weighted by Gasteiger charge is -2.30. The van der Waals surface area contributed by atoms with Gasteiger partial charge in [-0.25, -0.2) is 8.42 Å². The number of rotatable bonds is 5. The lowest BCUT2D eigenvalue weighted by Crippen LogP contribution is -2.37. The minimum absolute atomic E-state index is 0.0718. The molecule has 6 nitrogen and oxygen atoms in total. The van der Waals surface area contributed by atoms with Crippen LogP contribution >= 0.6 is 0 Å². The standard InChI is InChI=1S/C20H24N2O4S/c1-4-19(23)21-13-14-22(20(21)16-7-9-17(26-3)10-8-16)27(24,25)18-11-5-15(2)6-12-18/h5-12,20H,4,13-14H2,1-3H3/t20-/m0/s1. The molecule has 0 aliphatic carbocycles. The second kappa shape index (κ2) is 7.70. The van der Waals surface area contributed by atoms with Crippen LogP contribution in [0.3, 0.4) is 0 Å². The summed E-state index contributed by atoms with van der Waals surface area (Å²) in [7, 11) is -2.16. The van der Waals surface area contributed by atoms with Crippen LogP contribution in [0.4, 0.5) is 0 Å². The van der Waals surface area contributed by atoms with Crippen LogP contribution in [0.25, 0.3) is 0 Å². The number of methoxy groups -OCH3 is 1. The highest BCUT2D eigenvalue weighted by molar-refractivity contribution is 7.89. The summed E-state index contributed by atoms with van der Waals surface area (Å²) in [5, 5.41) is 0. The Hall–Kier alpha value is -2.38. The molecule has 0 N–H and O–H groups in total. The number of carbonyl (C=O) groups is 1. The molecule has 1 aliphatic rings. The van der Waals surface area contributed by atoms with Crippen LogP contribution in [0, 0.1) is 6.92 Å². The first-order valence-corrected chi connectivity index (χ1v) is 10.3. The van der Waals surface area contributed by atoms with Crippen molar-refractivity contribution < 1.29 is 17.9 Å². The molecule has 3 rings (SSSR count). The fourth-order valence-electron chi connectivity index (χ4n) is 3.29. The first-order valence-electron chi connectivity index (χ1n) is 8.90. The smallest absolute Gasteiger partial charge is 0.245 e. The largest absolute Gasteiger partial charge is 0.497 e. The van der Waals surface area contributed by atoms with E-state index < -0.39 is 16.2 Å². The Labute approximate surface area is 160 Å². The molecule has 7 heteroatoms. The van der Waals surface area contributed by atoms with Crippen LogP contribution in [0.15, 0.2) is 53.4 Å². The van der Waals surface area contributed by atoms with Crippen LogP contribution in [-0.4, -0.2) is 43.7 Å². The number of aryl methyl sites for hydroxylation is 1. The van der Waals surface area contributed by atoms with E-state index in [1.807, 2.05) is 19.1 Å². The van der Waals surface area contributed by atoms with Gasteiger partial charge in [0, 0.05) is 19.5 Å². The van der Waals surface area contributed by atoms with Gasteiger partial charge in [-0.2, -0.15) is 4.31 Å². The number of benzene rings is 2. The maximum atomic E-state index is 13.3. The summed E-state index contributed by atoms with van der Waals surface area (Å²) < 4.78 is 33.1. The third kappa shape index (κ3) is 3.70. The Morgan fingerprint density at radius 1 is 1.07 bits per heavy atom.